The summed E-state index contributed by atoms with van der Waals surface area (Å²) in [4.78, 5) is 14.9. The largest absolute Gasteiger partial charge is 0.493 e. The van der Waals surface area contributed by atoms with Crippen molar-refractivity contribution in [2.24, 2.45) is 0 Å². The van der Waals surface area contributed by atoms with Gasteiger partial charge in [-0.05, 0) is 49.6 Å². The van der Waals surface area contributed by atoms with Crippen LogP contribution in [0.4, 0.5) is 15.8 Å². The maximum atomic E-state index is 14.1. The van der Waals surface area contributed by atoms with E-state index in [0.717, 1.165) is 37.2 Å². The Hall–Kier alpha value is -3.02. The summed E-state index contributed by atoms with van der Waals surface area (Å²) in [5.74, 6) is 0.314. The lowest BCUT2D eigenvalue weighted by Gasteiger charge is -2.19. The number of anilines is 2. The van der Waals surface area contributed by atoms with Crippen LogP contribution >= 0.6 is 0 Å². The highest BCUT2D eigenvalue weighted by atomic mass is 19.1. The fourth-order valence-electron chi connectivity index (χ4n) is 3.49. The lowest BCUT2D eigenvalue weighted by atomic mass is 10.0. The number of benzene rings is 2. The van der Waals surface area contributed by atoms with Crippen LogP contribution in [0.2, 0.25) is 0 Å². The summed E-state index contributed by atoms with van der Waals surface area (Å²) in [6, 6.07) is 7.97. The number of carbonyl (C=O) groups excluding carboxylic acids is 1. The van der Waals surface area contributed by atoms with E-state index in [1.807, 2.05) is 0 Å². The lowest BCUT2D eigenvalue weighted by molar-refractivity contribution is 0.102. The summed E-state index contributed by atoms with van der Waals surface area (Å²) < 4.78 is 24.9. The van der Waals surface area contributed by atoms with E-state index in [2.05, 4.69) is 16.8 Å². The smallest absolute Gasteiger partial charge is 0.255 e. The minimum atomic E-state index is -0.376. The second kappa shape index (κ2) is 8.78. The molecule has 3 rings (SSSR count). The van der Waals surface area contributed by atoms with Gasteiger partial charge in [-0.3, -0.25) is 4.79 Å². The molecule has 1 aliphatic heterocycles. The van der Waals surface area contributed by atoms with Crippen molar-refractivity contribution in [2.75, 3.05) is 37.5 Å². The zero-order valence-corrected chi connectivity index (χ0v) is 16.3. The zero-order valence-electron chi connectivity index (χ0n) is 16.3. The van der Waals surface area contributed by atoms with Gasteiger partial charge in [-0.1, -0.05) is 6.08 Å². The predicted molar refractivity (Wildman–Crippen MR) is 109 cm³/mol. The second-order valence-corrected chi connectivity index (χ2v) is 6.71. The monoisotopic (exact) mass is 384 g/mol. The van der Waals surface area contributed by atoms with Crippen molar-refractivity contribution in [1.29, 1.82) is 0 Å². The zero-order chi connectivity index (χ0) is 20.1. The van der Waals surface area contributed by atoms with Crippen LogP contribution in [0.1, 0.15) is 28.8 Å². The maximum absolute atomic E-state index is 14.1. The van der Waals surface area contributed by atoms with E-state index < -0.39 is 0 Å². The van der Waals surface area contributed by atoms with Gasteiger partial charge in [-0.2, -0.15) is 0 Å². The second-order valence-electron chi connectivity index (χ2n) is 6.71. The highest BCUT2D eigenvalue weighted by Crippen LogP contribution is 2.33. The molecule has 0 bridgehead atoms. The van der Waals surface area contributed by atoms with E-state index in [0.29, 0.717) is 29.2 Å². The standard InChI is InChI=1S/C22H25FN2O3/c1-4-7-15-10-16(11-20(27-2)21(15)28-3)22(26)24-18-12-17(23)13-19(14-18)25-8-5-6-9-25/h4,10-14H,1,5-9H2,2-3H3,(H,24,26). The van der Waals surface area contributed by atoms with Crippen LogP contribution < -0.4 is 19.7 Å². The average molecular weight is 384 g/mol. The predicted octanol–water partition coefficient (Wildman–Crippen LogP) is 4.42. The van der Waals surface area contributed by atoms with Crippen LogP contribution in [0.25, 0.3) is 0 Å². The van der Waals surface area contributed by atoms with Gasteiger partial charge in [0, 0.05) is 35.6 Å². The van der Waals surface area contributed by atoms with E-state index >= 15 is 0 Å². The van der Waals surface area contributed by atoms with Gasteiger partial charge in [0.25, 0.3) is 5.91 Å². The molecule has 2 aromatic carbocycles. The maximum Gasteiger partial charge on any atom is 0.255 e. The molecule has 0 spiro atoms. The van der Waals surface area contributed by atoms with Gasteiger partial charge in [0.15, 0.2) is 11.5 Å². The first-order chi connectivity index (χ1) is 13.5. The van der Waals surface area contributed by atoms with E-state index in [-0.39, 0.29) is 11.7 Å². The Kier molecular flexibility index (Phi) is 6.19. The molecule has 2 aromatic rings. The Bertz CT molecular complexity index is 876. The van der Waals surface area contributed by atoms with E-state index in [4.69, 9.17) is 9.47 Å². The van der Waals surface area contributed by atoms with Crippen molar-refractivity contribution >= 4 is 17.3 Å². The van der Waals surface area contributed by atoms with Crippen LogP contribution in [0.3, 0.4) is 0 Å². The Morgan fingerprint density at radius 2 is 1.93 bits per heavy atom. The Labute approximate surface area is 164 Å². The topological polar surface area (TPSA) is 50.8 Å². The van der Waals surface area contributed by atoms with Crippen LogP contribution in [0.15, 0.2) is 43.0 Å². The van der Waals surface area contributed by atoms with Crippen molar-refractivity contribution in [3.8, 4) is 11.5 Å². The molecule has 0 aliphatic carbocycles. The lowest BCUT2D eigenvalue weighted by Crippen LogP contribution is -2.18. The average Bonchev–Trinajstić information content (AvgIpc) is 3.22. The van der Waals surface area contributed by atoms with Gasteiger partial charge in [-0.25, -0.2) is 4.39 Å². The van der Waals surface area contributed by atoms with Crippen molar-refractivity contribution < 1.29 is 18.7 Å². The van der Waals surface area contributed by atoms with E-state index in [1.54, 1.807) is 31.4 Å². The molecular weight excluding hydrogens is 359 g/mol. The quantitative estimate of drug-likeness (QED) is 0.718. The number of allylic oxidation sites excluding steroid dienone is 1. The molecule has 0 radical (unpaired) electrons. The van der Waals surface area contributed by atoms with Crippen LogP contribution in [0, 0.1) is 5.82 Å². The Morgan fingerprint density at radius 3 is 2.57 bits per heavy atom. The highest BCUT2D eigenvalue weighted by molar-refractivity contribution is 6.05. The third-order valence-corrected chi connectivity index (χ3v) is 4.79. The normalized spacial score (nSPS) is 13.3. The summed E-state index contributed by atoms with van der Waals surface area (Å²) in [6.07, 6.45) is 4.44. The van der Waals surface area contributed by atoms with Gasteiger partial charge in [0.1, 0.15) is 5.82 Å². The minimum Gasteiger partial charge on any atom is -0.493 e. The van der Waals surface area contributed by atoms with Crippen molar-refractivity contribution in [1.82, 2.24) is 0 Å². The number of halogens is 1. The summed E-state index contributed by atoms with van der Waals surface area (Å²) in [6.45, 7) is 5.54. The molecule has 5 nitrogen and oxygen atoms in total. The molecule has 6 heteroatoms. The molecule has 0 atom stereocenters. The molecule has 0 saturated carbocycles. The number of hydrogen-bond acceptors (Lipinski definition) is 4. The molecule has 1 fully saturated rings. The van der Waals surface area contributed by atoms with Gasteiger partial charge in [0.05, 0.1) is 14.2 Å². The number of amides is 1. The number of hydrogen-bond donors (Lipinski definition) is 1. The van der Waals surface area contributed by atoms with Crippen molar-refractivity contribution in [2.45, 2.75) is 19.3 Å². The first-order valence-electron chi connectivity index (χ1n) is 9.28. The van der Waals surface area contributed by atoms with Gasteiger partial charge in [-0.15, -0.1) is 6.58 Å². The number of methoxy groups -OCH3 is 2. The van der Waals surface area contributed by atoms with Crippen molar-refractivity contribution in [3.05, 3.63) is 59.9 Å². The molecule has 1 aliphatic rings. The van der Waals surface area contributed by atoms with E-state index in [9.17, 15) is 9.18 Å². The molecule has 1 N–H and O–H groups in total. The first kappa shape index (κ1) is 19.7. The fourth-order valence-corrected chi connectivity index (χ4v) is 3.49. The number of rotatable bonds is 7. The summed E-state index contributed by atoms with van der Waals surface area (Å²) in [5.41, 5.74) is 2.40. The summed E-state index contributed by atoms with van der Waals surface area (Å²) >= 11 is 0. The minimum absolute atomic E-state index is 0.343. The van der Waals surface area contributed by atoms with Gasteiger partial charge < -0.3 is 19.7 Å². The van der Waals surface area contributed by atoms with E-state index in [1.165, 1.54) is 19.2 Å². The Morgan fingerprint density at radius 1 is 1.18 bits per heavy atom. The van der Waals surface area contributed by atoms with Gasteiger partial charge >= 0.3 is 0 Å². The van der Waals surface area contributed by atoms with Crippen LogP contribution in [-0.2, 0) is 6.42 Å². The first-order valence-corrected chi connectivity index (χ1v) is 9.28. The molecular formula is C22H25FN2O3. The summed E-state index contributed by atoms with van der Waals surface area (Å²) in [5, 5.41) is 2.79. The molecule has 1 heterocycles. The third-order valence-electron chi connectivity index (χ3n) is 4.79. The number of ether oxygens (including phenoxy) is 2. The Balaban J connectivity index is 1.88. The molecule has 1 saturated heterocycles. The molecule has 0 aromatic heterocycles. The number of nitrogens with one attached hydrogen (secondary N) is 1. The molecule has 0 unspecified atom stereocenters. The number of carbonyl (C=O) groups is 1. The van der Waals surface area contributed by atoms with Crippen LogP contribution in [0.5, 0.6) is 11.5 Å². The molecule has 148 valence electrons. The highest BCUT2D eigenvalue weighted by Gasteiger charge is 2.18. The van der Waals surface area contributed by atoms with Crippen molar-refractivity contribution in [3.63, 3.8) is 0 Å². The van der Waals surface area contributed by atoms with Crippen LogP contribution in [-0.4, -0.2) is 33.2 Å². The number of nitrogens with zero attached hydrogens (tertiary/aromatic N) is 1. The summed E-state index contributed by atoms with van der Waals surface area (Å²) in [7, 11) is 3.07. The third kappa shape index (κ3) is 4.27. The molecule has 28 heavy (non-hydrogen) atoms. The fraction of sp³-hybridized carbons (Fsp3) is 0.318. The molecule has 1 amide bonds. The SMILES string of the molecule is C=CCc1cc(C(=O)Nc2cc(F)cc(N3CCCC3)c2)cc(OC)c1OC. The van der Waals surface area contributed by atoms with Gasteiger partial charge in [0.2, 0.25) is 0 Å².